The highest BCUT2D eigenvalue weighted by molar-refractivity contribution is 6.34. The zero-order valence-corrected chi connectivity index (χ0v) is 11.3. The largest absolute Gasteiger partial charge is 0.319 e. The Hall–Kier alpha value is -1.94. The Morgan fingerprint density at radius 3 is 2.74 bits per heavy atom. The molecule has 1 N–H and O–H groups in total. The molecule has 0 radical (unpaired) electrons. The average Bonchev–Trinajstić information content (AvgIpc) is 2.33. The smallest absolute Gasteiger partial charge is 0.258 e. The van der Waals surface area contributed by atoms with E-state index in [1.165, 1.54) is 12.3 Å². The molecule has 0 spiro atoms. The number of aryl methyl sites for hydroxylation is 2. The van der Waals surface area contributed by atoms with Gasteiger partial charge in [0.05, 0.1) is 16.3 Å². The summed E-state index contributed by atoms with van der Waals surface area (Å²) in [5.41, 5.74) is 1.73. The van der Waals surface area contributed by atoms with Crippen LogP contribution in [-0.4, -0.2) is 10.9 Å². The van der Waals surface area contributed by atoms with Crippen molar-refractivity contribution in [3.8, 4) is 0 Å². The fourth-order valence-electron chi connectivity index (χ4n) is 1.66. The molecule has 0 saturated carbocycles. The third-order valence-corrected chi connectivity index (χ3v) is 3.01. The Morgan fingerprint density at radius 1 is 1.37 bits per heavy atom. The average molecular weight is 279 g/mol. The van der Waals surface area contributed by atoms with Crippen LogP contribution in [0.5, 0.6) is 0 Å². The fourth-order valence-corrected chi connectivity index (χ4v) is 1.96. The van der Waals surface area contributed by atoms with E-state index in [0.717, 1.165) is 0 Å². The first kappa shape index (κ1) is 13.5. The molecule has 19 heavy (non-hydrogen) atoms. The van der Waals surface area contributed by atoms with Crippen molar-refractivity contribution in [3.05, 3.63) is 58.1 Å². The second-order valence-electron chi connectivity index (χ2n) is 4.19. The number of nitrogens with one attached hydrogen (secondary N) is 1. The molecule has 0 bridgehead atoms. The maximum Gasteiger partial charge on any atom is 0.258 e. The molecule has 1 aromatic carbocycles. The Balaban J connectivity index is 2.31. The van der Waals surface area contributed by atoms with Crippen LogP contribution in [0.25, 0.3) is 0 Å². The molecule has 1 heterocycles. The molecular formula is C14H12ClFN2O. The number of aromatic nitrogens is 1. The summed E-state index contributed by atoms with van der Waals surface area (Å²) in [5.74, 6) is -0.963. The number of anilines is 1. The normalized spacial score (nSPS) is 10.3. The van der Waals surface area contributed by atoms with Crippen molar-refractivity contribution in [2.24, 2.45) is 0 Å². The van der Waals surface area contributed by atoms with Crippen molar-refractivity contribution < 1.29 is 9.18 Å². The van der Waals surface area contributed by atoms with Crippen molar-refractivity contribution >= 4 is 23.2 Å². The number of pyridine rings is 1. The van der Waals surface area contributed by atoms with E-state index >= 15 is 0 Å². The maximum atomic E-state index is 13.6. The Kier molecular flexibility index (Phi) is 3.81. The number of halogens is 2. The highest BCUT2D eigenvalue weighted by Gasteiger charge is 2.14. The number of para-hydroxylation sites is 1. The van der Waals surface area contributed by atoms with E-state index in [2.05, 4.69) is 10.3 Å². The summed E-state index contributed by atoms with van der Waals surface area (Å²) in [7, 11) is 0. The molecule has 0 saturated heterocycles. The molecular weight excluding hydrogens is 267 g/mol. The fraction of sp³-hybridized carbons (Fsp3) is 0.143. The van der Waals surface area contributed by atoms with Gasteiger partial charge in [0.2, 0.25) is 0 Å². The zero-order valence-electron chi connectivity index (χ0n) is 10.5. The number of amides is 1. The van der Waals surface area contributed by atoms with E-state index in [4.69, 9.17) is 11.6 Å². The minimum absolute atomic E-state index is 0.157. The molecule has 98 valence electrons. The van der Waals surface area contributed by atoms with Crippen molar-refractivity contribution in [3.63, 3.8) is 0 Å². The summed E-state index contributed by atoms with van der Waals surface area (Å²) in [6.07, 6.45) is 1.38. The second kappa shape index (κ2) is 5.36. The number of hydrogen-bond donors (Lipinski definition) is 1. The molecule has 2 rings (SSSR count). The lowest BCUT2D eigenvalue weighted by atomic mass is 10.1. The van der Waals surface area contributed by atoms with E-state index in [0.29, 0.717) is 16.3 Å². The maximum absolute atomic E-state index is 13.6. The van der Waals surface area contributed by atoms with Crippen molar-refractivity contribution in [1.29, 1.82) is 0 Å². The minimum atomic E-state index is -0.482. The number of carbonyl (C=O) groups is 1. The molecule has 0 atom stereocenters. The van der Waals surface area contributed by atoms with Crippen LogP contribution in [-0.2, 0) is 0 Å². The Labute approximate surface area is 115 Å². The topological polar surface area (TPSA) is 42.0 Å². The van der Waals surface area contributed by atoms with Gasteiger partial charge < -0.3 is 5.32 Å². The Bertz CT molecular complexity index is 623. The first-order chi connectivity index (χ1) is 8.99. The van der Waals surface area contributed by atoms with E-state index in [1.807, 2.05) is 0 Å². The first-order valence-electron chi connectivity index (χ1n) is 5.67. The lowest BCUT2D eigenvalue weighted by Crippen LogP contribution is -2.15. The predicted octanol–water partition coefficient (Wildman–Crippen LogP) is 3.74. The molecule has 0 aliphatic carbocycles. The summed E-state index contributed by atoms with van der Waals surface area (Å²) in [4.78, 5) is 16.1. The second-order valence-corrected chi connectivity index (χ2v) is 4.60. The Morgan fingerprint density at radius 2 is 2.11 bits per heavy atom. The summed E-state index contributed by atoms with van der Waals surface area (Å²) < 4.78 is 13.6. The van der Waals surface area contributed by atoms with Gasteiger partial charge in [-0.2, -0.15) is 0 Å². The van der Waals surface area contributed by atoms with Crippen molar-refractivity contribution in [1.82, 2.24) is 4.98 Å². The van der Waals surface area contributed by atoms with Gasteiger partial charge in [0.25, 0.3) is 5.91 Å². The number of rotatable bonds is 2. The lowest BCUT2D eigenvalue weighted by Gasteiger charge is -2.10. The first-order valence-corrected chi connectivity index (χ1v) is 6.05. The van der Waals surface area contributed by atoms with Gasteiger partial charge in [0.15, 0.2) is 0 Å². The van der Waals surface area contributed by atoms with Gasteiger partial charge in [-0.1, -0.05) is 23.7 Å². The summed E-state index contributed by atoms with van der Waals surface area (Å²) >= 11 is 5.98. The molecule has 3 nitrogen and oxygen atoms in total. The number of hydrogen-bond acceptors (Lipinski definition) is 2. The molecule has 0 unspecified atom stereocenters. The van der Waals surface area contributed by atoms with Crippen LogP contribution >= 0.6 is 11.6 Å². The van der Waals surface area contributed by atoms with Crippen LogP contribution in [0.1, 0.15) is 21.6 Å². The zero-order chi connectivity index (χ0) is 14.0. The third-order valence-electron chi connectivity index (χ3n) is 2.70. The van der Waals surface area contributed by atoms with Crippen molar-refractivity contribution in [2.45, 2.75) is 13.8 Å². The highest BCUT2D eigenvalue weighted by Crippen LogP contribution is 2.22. The van der Waals surface area contributed by atoms with Gasteiger partial charge in [-0.25, -0.2) is 4.39 Å². The number of benzene rings is 1. The highest BCUT2D eigenvalue weighted by atomic mass is 35.5. The standard InChI is InChI=1S/C14H12ClFN2O/c1-8-4-3-5-12(16)13(8)18-14(19)10-7-17-9(2)6-11(10)15/h3-7H,1-2H3,(H,18,19). The van der Waals surface area contributed by atoms with Gasteiger partial charge in [-0.05, 0) is 31.5 Å². The molecule has 1 aromatic heterocycles. The lowest BCUT2D eigenvalue weighted by molar-refractivity contribution is 0.102. The van der Waals surface area contributed by atoms with Crippen LogP contribution in [0.3, 0.4) is 0 Å². The van der Waals surface area contributed by atoms with Gasteiger partial charge in [0.1, 0.15) is 5.82 Å². The van der Waals surface area contributed by atoms with E-state index in [1.54, 1.807) is 32.0 Å². The van der Waals surface area contributed by atoms with E-state index in [-0.39, 0.29) is 11.3 Å². The monoisotopic (exact) mass is 278 g/mol. The molecule has 0 aliphatic rings. The summed E-state index contributed by atoms with van der Waals surface area (Å²) in [6, 6.07) is 6.18. The van der Waals surface area contributed by atoms with Gasteiger partial charge in [-0.3, -0.25) is 9.78 Å². The summed E-state index contributed by atoms with van der Waals surface area (Å²) in [5, 5.41) is 2.81. The third kappa shape index (κ3) is 2.90. The predicted molar refractivity (Wildman–Crippen MR) is 73.1 cm³/mol. The molecule has 2 aromatic rings. The van der Waals surface area contributed by atoms with E-state index in [9.17, 15) is 9.18 Å². The van der Waals surface area contributed by atoms with Crippen LogP contribution < -0.4 is 5.32 Å². The van der Waals surface area contributed by atoms with Gasteiger partial charge in [-0.15, -0.1) is 0 Å². The van der Waals surface area contributed by atoms with Crippen LogP contribution in [0.4, 0.5) is 10.1 Å². The van der Waals surface area contributed by atoms with Gasteiger partial charge >= 0.3 is 0 Å². The molecule has 5 heteroatoms. The number of nitrogens with zero attached hydrogens (tertiary/aromatic N) is 1. The van der Waals surface area contributed by atoms with Crippen LogP contribution in [0.15, 0.2) is 30.5 Å². The van der Waals surface area contributed by atoms with E-state index < -0.39 is 11.7 Å². The molecule has 1 amide bonds. The molecule has 0 fully saturated rings. The summed E-state index contributed by atoms with van der Waals surface area (Å²) in [6.45, 7) is 3.49. The van der Waals surface area contributed by atoms with Gasteiger partial charge in [0, 0.05) is 11.9 Å². The van der Waals surface area contributed by atoms with Crippen molar-refractivity contribution in [2.75, 3.05) is 5.32 Å². The van der Waals surface area contributed by atoms with Crippen LogP contribution in [0.2, 0.25) is 5.02 Å². The van der Waals surface area contributed by atoms with Crippen LogP contribution in [0, 0.1) is 19.7 Å². The quantitative estimate of drug-likeness (QED) is 0.909. The number of carbonyl (C=O) groups excluding carboxylic acids is 1. The minimum Gasteiger partial charge on any atom is -0.319 e. The molecule has 0 aliphatic heterocycles. The SMILES string of the molecule is Cc1cc(Cl)c(C(=O)Nc2c(C)cccc2F)cn1.